The van der Waals surface area contributed by atoms with Crippen LogP contribution in [0.25, 0.3) is 0 Å². The van der Waals surface area contributed by atoms with Crippen molar-refractivity contribution in [1.82, 2.24) is 0 Å². The molecule has 30 nitrogen and oxygen atoms in total. The van der Waals surface area contributed by atoms with Gasteiger partial charge in [-0.2, -0.15) is 0 Å². The van der Waals surface area contributed by atoms with Crippen molar-refractivity contribution in [3.63, 3.8) is 0 Å². The van der Waals surface area contributed by atoms with Crippen LogP contribution < -0.4 is 0 Å². The highest BCUT2D eigenvalue weighted by Crippen LogP contribution is 2.45. The summed E-state index contributed by atoms with van der Waals surface area (Å²) in [4.78, 5) is 26.9. The Kier molecular flexibility index (Phi) is 24.4. The van der Waals surface area contributed by atoms with E-state index in [1.165, 1.54) is 13.2 Å². The number of carbonyl (C=O) groups excluding carboxylic acids is 2. The predicted octanol–water partition coefficient (Wildman–Crippen LogP) is -6.45. The molecule has 9 rings (SSSR count). The van der Waals surface area contributed by atoms with Crippen LogP contribution >= 0.6 is 0 Å². The van der Waals surface area contributed by atoms with Crippen molar-refractivity contribution in [2.45, 2.75) is 261 Å². The maximum atomic E-state index is 13.5. The third kappa shape index (κ3) is 16.4. The minimum atomic E-state index is -2.01. The standard InChI is InChI=1S/C57H90O30/c1-76-35-14-24(4-10-30(35)62)6-13-41(66)86-52-42(67)32(64)21-78-56(52)87-53-48(73)45(70)39(22-77-40(65)12-5-23-2-8-27(9-3-23)79-54-49(74)46(71)43(68)37(19-58)83-54)85-57(53)82-36-18-28-33(80-51(36)25-7-11-29(61)31(63)15-25)16-26(60)17-34(28)81-55-50(75)47(72)44(69)38(20-59)84-55/h5-6,12-13,23-39,42-64,67-75H,2-4,7-11,14-22H2,1H3/p+1/t23?,24?,25?,26?,27?,28?,29?,30?,31?,32-,33?,34?,35?,36?,37-,38-,39-,42+,43-,44-,45-,46+,47+,48+,49-,50-,51?,52-,53-,54-,55-,56+,57-/m1/s1. The first-order valence-corrected chi connectivity index (χ1v) is 30.5. The molecule has 12 unspecified atom stereocenters. The molecule has 9 fully saturated rings. The maximum absolute atomic E-state index is 13.5. The smallest absolute Gasteiger partial charge is 0.330 e. The molecule has 0 bridgehead atoms. The lowest BCUT2D eigenvalue weighted by Crippen LogP contribution is -2.66. The van der Waals surface area contributed by atoms with E-state index in [1.54, 1.807) is 12.2 Å². The third-order valence-corrected chi connectivity index (χ3v) is 19.0. The molecule has 5 saturated heterocycles. The summed E-state index contributed by atoms with van der Waals surface area (Å²) in [6.07, 6.45) is -30.5. The van der Waals surface area contributed by atoms with Gasteiger partial charge in [0.05, 0.1) is 68.5 Å². The number of hydrogen-bond donors (Lipinski definition) is 16. The molecule has 0 spiro atoms. The maximum Gasteiger partial charge on any atom is 0.330 e. The second kappa shape index (κ2) is 30.9. The van der Waals surface area contributed by atoms with Crippen LogP contribution in [0.5, 0.6) is 0 Å². The zero-order valence-electron chi connectivity index (χ0n) is 48.3. The molecule has 0 aromatic carbocycles. The van der Waals surface area contributed by atoms with Gasteiger partial charge in [-0.25, -0.2) is 9.59 Å². The van der Waals surface area contributed by atoms with Gasteiger partial charge in [-0.15, -0.1) is 0 Å². The Morgan fingerprint density at radius 3 is 1.75 bits per heavy atom. The van der Waals surface area contributed by atoms with Crippen LogP contribution in [0.3, 0.4) is 0 Å². The summed E-state index contributed by atoms with van der Waals surface area (Å²) >= 11 is 0. The molecule has 4 aliphatic carbocycles. The quantitative estimate of drug-likeness (QED) is 0.0325. The monoisotopic (exact) mass is 1260 g/mol. The summed E-state index contributed by atoms with van der Waals surface area (Å²) in [6, 6.07) is 0. The van der Waals surface area contributed by atoms with Gasteiger partial charge < -0.3 is 139 Å². The van der Waals surface area contributed by atoms with Gasteiger partial charge in [-0.05, 0) is 82.5 Å². The van der Waals surface area contributed by atoms with Gasteiger partial charge in [-0.1, -0.05) is 12.2 Å². The topological polar surface area (TPSA) is 472 Å². The van der Waals surface area contributed by atoms with E-state index in [0.717, 1.165) is 6.08 Å². The first kappa shape index (κ1) is 68.7. The fourth-order valence-corrected chi connectivity index (χ4v) is 13.8. The van der Waals surface area contributed by atoms with E-state index in [0.29, 0.717) is 51.4 Å². The highest BCUT2D eigenvalue weighted by Gasteiger charge is 2.58. The number of methoxy groups -OCH3 is 1. The van der Waals surface area contributed by atoms with Crippen LogP contribution in [0.1, 0.15) is 83.5 Å². The summed E-state index contributed by atoms with van der Waals surface area (Å²) in [5.41, 5.74) is 0. The van der Waals surface area contributed by atoms with Gasteiger partial charge >= 0.3 is 11.9 Å². The van der Waals surface area contributed by atoms with E-state index < -0.39 is 228 Å². The molecule has 498 valence electrons. The first-order chi connectivity index (χ1) is 41.5. The van der Waals surface area contributed by atoms with E-state index in [1.807, 2.05) is 0 Å². The van der Waals surface area contributed by atoms with Crippen LogP contribution in [0.4, 0.5) is 0 Å². The lowest BCUT2D eigenvalue weighted by atomic mass is 9.72. The summed E-state index contributed by atoms with van der Waals surface area (Å²) < 4.78 is 70.7. The molecule has 17 N–H and O–H groups in total. The fraction of sp³-hybridized carbons (Fsp3) is 0.895. The Balaban J connectivity index is 0.936. The largest absolute Gasteiger partial charge is 0.460 e. The normalized spacial score (nSPS) is 49.3. The molecule has 0 amide bonds. The van der Waals surface area contributed by atoms with E-state index in [4.69, 9.17) is 56.8 Å². The van der Waals surface area contributed by atoms with E-state index in [2.05, 4.69) is 0 Å². The zero-order chi connectivity index (χ0) is 62.5. The number of allylic oxidation sites excluding steroid dienone is 2. The fourth-order valence-electron chi connectivity index (χ4n) is 13.8. The molecule has 0 aromatic heterocycles. The van der Waals surface area contributed by atoms with Crippen LogP contribution in [0, 0.1) is 23.7 Å². The molecule has 0 radical (unpaired) electrons. The number of ether oxygens (including phenoxy) is 12. The van der Waals surface area contributed by atoms with E-state index in [-0.39, 0.29) is 43.9 Å². The summed E-state index contributed by atoms with van der Waals surface area (Å²) in [5, 5.41) is 172. The molecule has 87 heavy (non-hydrogen) atoms. The summed E-state index contributed by atoms with van der Waals surface area (Å²) in [7, 11) is 1.46. The Bertz CT molecular complexity index is 2220. The lowest BCUT2D eigenvalue weighted by molar-refractivity contribution is -0.385. The molecule has 0 aromatic rings. The minimum Gasteiger partial charge on any atom is -0.460 e. The highest BCUT2D eigenvalue weighted by atomic mass is 16.8. The van der Waals surface area contributed by atoms with Crippen molar-refractivity contribution in [3.05, 3.63) is 24.3 Å². The van der Waals surface area contributed by atoms with Gasteiger partial charge in [0.15, 0.2) is 43.5 Å². The van der Waals surface area contributed by atoms with Crippen LogP contribution in [0.2, 0.25) is 0 Å². The number of carbonyl (C=O) groups is 2. The average molecular weight is 1260 g/mol. The molecule has 4 saturated carbocycles. The van der Waals surface area contributed by atoms with Crippen molar-refractivity contribution in [2.75, 3.05) is 33.5 Å². The Morgan fingerprint density at radius 2 is 1.09 bits per heavy atom. The van der Waals surface area contributed by atoms with Crippen LogP contribution in [0.15, 0.2) is 24.3 Å². The number of hydrogen-bond acceptors (Lipinski definition) is 29. The second-order valence-corrected chi connectivity index (χ2v) is 24.9. The number of fused-ring (bicyclic) bond motifs is 1. The SMILES string of the molecule is COC1CC(C=CC(=O)O[C@H]2[C@H](O[C@H]3[C@H](OC4CC5C(O[C@@H]6O[C@H](CO)[C@@H](O)[C@H](O)[C@H]6O)CC(O)CC5[OH+]C4C4CCC(O)C(O)C4)O[C@H](COC(=O)C=CC4CCC(O[C@@H]5O[C@H](CO)[C@@H](O)[C@H](O)[C@H]5O)CC4)[C@@H](O)[C@@H]3O)OC[C@@H](O)[C@@H]2O)CCC1O. The molecule has 30 heteroatoms. The van der Waals surface area contributed by atoms with Gasteiger partial charge in [-0.3, -0.25) is 0 Å². The molecule has 9 aliphatic rings. The number of aliphatic hydroxyl groups is 18. The average Bonchev–Trinajstić information content (AvgIpc) is 1.01. The zero-order valence-corrected chi connectivity index (χ0v) is 48.3. The van der Waals surface area contributed by atoms with Crippen LogP contribution in [-0.4, -0.2) is 310 Å². The van der Waals surface area contributed by atoms with Crippen LogP contribution in [-0.2, 0) is 61.7 Å². The summed E-state index contributed by atoms with van der Waals surface area (Å²) in [6.45, 7) is -2.60. The second-order valence-electron chi connectivity index (χ2n) is 24.9. The summed E-state index contributed by atoms with van der Waals surface area (Å²) in [5.74, 6) is -3.35. The Hall–Kier alpha value is -2.62. The van der Waals surface area contributed by atoms with E-state index in [9.17, 15) is 91.3 Å². The molecular weight excluding hydrogens is 1160 g/mol. The van der Waals surface area contributed by atoms with Crippen molar-refractivity contribution in [2.24, 2.45) is 23.7 Å². The molecule has 5 aliphatic heterocycles. The van der Waals surface area contributed by atoms with Gasteiger partial charge in [0, 0.05) is 38.0 Å². The molecular formula is C57H91O30+. The number of rotatable bonds is 19. The lowest BCUT2D eigenvalue weighted by Gasteiger charge is -2.50. The highest BCUT2D eigenvalue weighted by molar-refractivity contribution is 5.82. The predicted molar refractivity (Wildman–Crippen MR) is 287 cm³/mol. The minimum absolute atomic E-state index is 0.00273. The third-order valence-electron chi connectivity index (χ3n) is 19.0. The number of aliphatic hydroxyl groups excluding tert-OH is 16. The van der Waals surface area contributed by atoms with E-state index >= 15 is 0 Å². The Morgan fingerprint density at radius 1 is 0.494 bits per heavy atom. The molecule has 31 atom stereocenters. The molecule has 5 heterocycles. The number of esters is 2. The van der Waals surface area contributed by atoms with Crippen molar-refractivity contribution < 1.29 is 148 Å². The van der Waals surface area contributed by atoms with Crippen molar-refractivity contribution in [1.29, 1.82) is 0 Å². The first-order valence-electron chi connectivity index (χ1n) is 30.5. The van der Waals surface area contributed by atoms with Gasteiger partial charge in [0.1, 0.15) is 98.2 Å². The van der Waals surface area contributed by atoms with Crippen molar-refractivity contribution in [3.8, 4) is 0 Å². The van der Waals surface area contributed by atoms with Gasteiger partial charge in [0.2, 0.25) is 0 Å². The van der Waals surface area contributed by atoms with Crippen molar-refractivity contribution >= 4 is 11.9 Å². The Labute approximate surface area is 501 Å². The van der Waals surface area contributed by atoms with Gasteiger partial charge in [0.25, 0.3) is 0 Å².